The molecule has 0 atom stereocenters. The van der Waals surface area contributed by atoms with Gasteiger partial charge in [-0.25, -0.2) is 4.98 Å². The fraction of sp³-hybridized carbons (Fsp3) is 0.429. The van der Waals surface area contributed by atoms with Crippen LogP contribution in [0.25, 0.3) is 9.88 Å². The molecule has 2 rings (SSSR count). The van der Waals surface area contributed by atoms with E-state index in [1.165, 1.54) is 22.7 Å². The molecule has 0 aliphatic carbocycles. The third-order valence-corrected chi connectivity index (χ3v) is 5.08. The lowest BCUT2D eigenvalue weighted by Gasteiger charge is -2.05. The highest BCUT2D eigenvalue weighted by Crippen LogP contribution is 2.32. The molecular formula is C14H18ClN3O2S2. The molecule has 2 heterocycles. The fourth-order valence-corrected chi connectivity index (χ4v) is 3.68. The number of hydrogen-bond acceptors (Lipinski definition) is 6. The minimum absolute atomic E-state index is 0.0189. The average Bonchev–Trinajstić information content (AvgIpc) is 3.11. The fourth-order valence-electron chi connectivity index (χ4n) is 1.75. The van der Waals surface area contributed by atoms with Gasteiger partial charge in [0.2, 0.25) is 5.91 Å². The van der Waals surface area contributed by atoms with Gasteiger partial charge in [-0.15, -0.1) is 22.7 Å². The van der Waals surface area contributed by atoms with Crippen molar-refractivity contribution in [1.29, 1.82) is 0 Å². The van der Waals surface area contributed by atoms with Crippen molar-refractivity contribution in [1.82, 2.24) is 15.6 Å². The van der Waals surface area contributed by atoms with E-state index in [4.69, 9.17) is 16.3 Å². The quantitative estimate of drug-likeness (QED) is 0.675. The van der Waals surface area contributed by atoms with Gasteiger partial charge in [0.1, 0.15) is 5.01 Å². The summed E-state index contributed by atoms with van der Waals surface area (Å²) < 4.78 is 5.67. The normalized spacial score (nSPS) is 10.8. The van der Waals surface area contributed by atoms with E-state index < -0.39 is 0 Å². The van der Waals surface area contributed by atoms with Crippen LogP contribution in [0.3, 0.4) is 0 Å². The first kappa shape index (κ1) is 17.4. The molecule has 2 aromatic heterocycles. The second kappa shape index (κ2) is 9.22. The summed E-state index contributed by atoms with van der Waals surface area (Å²) in [6.45, 7) is 2.78. The van der Waals surface area contributed by atoms with E-state index >= 15 is 0 Å². The lowest BCUT2D eigenvalue weighted by Crippen LogP contribution is -2.33. The lowest BCUT2D eigenvalue weighted by molar-refractivity contribution is -0.120. The van der Waals surface area contributed by atoms with Crippen LogP contribution in [-0.2, 0) is 16.0 Å². The molecule has 0 bridgehead atoms. The number of thiazole rings is 1. The summed E-state index contributed by atoms with van der Waals surface area (Å²) in [4.78, 5) is 17.3. The Morgan fingerprint density at radius 3 is 2.95 bits per heavy atom. The first-order valence-corrected chi connectivity index (χ1v) is 8.93. The zero-order valence-electron chi connectivity index (χ0n) is 12.2. The van der Waals surface area contributed by atoms with Crippen LogP contribution in [0.4, 0.5) is 0 Å². The first-order valence-electron chi connectivity index (χ1n) is 6.85. The topological polar surface area (TPSA) is 63.2 Å². The molecule has 0 aromatic carbocycles. The number of carbonyl (C=O) groups is 1. The SMILES string of the molecule is COCCNCCNC(=O)Cc1csc(-c2ccc(Cl)s2)n1. The molecule has 120 valence electrons. The van der Waals surface area contributed by atoms with Crippen molar-refractivity contribution in [2.75, 3.05) is 33.4 Å². The summed E-state index contributed by atoms with van der Waals surface area (Å²) in [5.41, 5.74) is 0.786. The first-order chi connectivity index (χ1) is 10.7. The molecule has 0 unspecified atom stereocenters. The van der Waals surface area contributed by atoms with Crippen molar-refractivity contribution in [2.45, 2.75) is 6.42 Å². The Balaban J connectivity index is 1.72. The Bertz CT molecular complexity index is 600. The molecule has 5 nitrogen and oxygen atoms in total. The van der Waals surface area contributed by atoms with Crippen LogP contribution in [0, 0.1) is 0 Å². The largest absolute Gasteiger partial charge is 0.383 e. The standard InChI is InChI=1S/C14H18ClN3O2S2/c1-20-7-6-16-4-5-17-13(19)8-10-9-21-14(18-10)11-2-3-12(15)22-11/h2-3,9,16H,4-8H2,1H3,(H,17,19). The third-order valence-electron chi connectivity index (χ3n) is 2.78. The van der Waals surface area contributed by atoms with Gasteiger partial charge in [0.15, 0.2) is 0 Å². The highest BCUT2D eigenvalue weighted by Gasteiger charge is 2.10. The summed E-state index contributed by atoms with van der Waals surface area (Å²) in [6.07, 6.45) is 0.299. The zero-order valence-corrected chi connectivity index (χ0v) is 14.6. The maximum atomic E-state index is 11.8. The molecule has 2 N–H and O–H groups in total. The molecular weight excluding hydrogens is 342 g/mol. The summed E-state index contributed by atoms with van der Waals surface area (Å²) in [7, 11) is 1.66. The number of halogens is 1. The predicted octanol–water partition coefficient (Wildman–Crippen LogP) is 2.42. The molecule has 22 heavy (non-hydrogen) atoms. The van der Waals surface area contributed by atoms with Crippen LogP contribution in [-0.4, -0.2) is 44.2 Å². The number of hydrogen-bond donors (Lipinski definition) is 2. The van der Waals surface area contributed by atoms with Crippen LogP contribution in [0.2, 0.25) is 4.34 Å². The van der Waals surface area contributed by atoms with Crippen LogP contribution in [0.15, 0.2) is 17.5 Å². The Labute approximate surface area is 142 Å². The van der Waals surface area contributed by atoms with Gasteiger partial charge in [0, 0.05) is 32.1 Å². The van der Waals surface area contributed by atoms with Crippen molar-refractivity contribution < 1.29 is 9.53 Å². The maximum Gasteiger partial charge on any atom is 0.226 e. The molecule has 1 amide bonds. The van der Waals surface area contributed by atoms with Gasteiger partial charge < -0.3 is 15.4 Å². The molecule has 8 heteroatoms. The molecule has 0 fully saturated rings. The Hall–Kier alpha value is -0.990. The number of methoxy groups -OCH3 is 1. The Morgan fingerprint density at radius 2 is 2.23 bits per heavy atom. The number of amides is 1. The summed E-state index contributed by atoms with van der Waals surface area (Å²) >= 11 is 8.94. The molecule has 0 aliphatic heterocycles. The molecule has 0 radical (unpaired) electrons. The van der Waals surface area contributed by atoms with Gasteiger partial charge in [-0.3, -0.25) is 4.79 Å². The summed E-state index contributed by atoms with van der Waals surface area (Å²) in [6, 6.07) is 3.80. The Morgan fingerprint density at radius 1 is 1.36 bits per heavy atom. The number of rotatable bonds is 9. The highest BCUT2D eigenvalue weighted by atomic mass is 35.5. The number of thiophene rings is 1. The van der Waals surface area contributed by atoms with Crippen LogP contribution < -0.4 is 10.6 Å². The van der Waals surface area contributed by atoms with E-state index in [9.17, 15) is 4.79 Å². The average molecular weight is 360 g/mol. The van der Waals surface area contributed by atoms with Crippen LogP contribution >= 0.6 is 34.3 Å². The predicted molar refractivity (Wildman–Crippen MR) is 91.9 cm³/mol. The van der Waals surface area contributed by atoms with Crippen molar-refractivity contribution in [3.05, 3.63) is 27.5 Å². The van der Waals surface area contributed by atoms with E-state index in [-0.39, 0.29) is 5.91 Å². The second-order valence-corrected chi connectivity index (χ2v) is 7.09. The van der Waals surface area contributed by atoms with Gasteiger partial charge in [-0.2, -0.15) is 0 Å². The monoisotopic (exact) mass is 359 g/mol. The van der Waals surface area contributed by atoms with Gasteiger partial charge in [0.05, 0.1) is 27.9 Å². The van der Waals surface area contributed by atoms with E-state index in [0.717, 1.165) is 33.0 Å². The molecule has 0 saturated heterocycles. The number of nitrogens with one attached hydrogen (secondary N) is 2. The van der Waals surface area contributed by atoms with Gasteiger partial charge >= 0.3 is 0 Å². The second-order valence-electron chi connectivity index (χ2n) is 4.52. The van der Waals surface area contributed by atoms with Gasteiger partial charge in [0.25, 0.3) is 0 Å². The Kier molecular flexibility index (Phi) is 7.28. The van der Waals surface area contributed by atoms with Crippen molar-refractivity contribution in [3.63, 3.8) is 0 Å². The number of nitrogens with zero attached hydrogens (tertiary/aromatic N) is 1. The minimum atomic E-state index is -0.0189. The third kappa shape index (κ3) is 5.66. The highest BCUT2D eigenvalue weighted by molar-refractivity contribution is 7.23. The number of aromatic nitrogens is 1. The smallest absolute Gasteiger partial charge is 0.226 e. The molecule has 0 spiro atoms. The van der Waals surface area contributed by atoms with E-state index in [2.05, 4.69) is 15.6 Å². The van der Waals surface area contributed by atoms with Crippen molar-refractivity contribution >= 4 is 40.2 Å². The lowest BCUT2D eigenvalue weighted by atomic mass is 10.3. The van der Waals surface area contributed by atoms with Gasteiger partial charge in [-0.05, 0) is 12.1 Å². The van der Waals surface area contributed by atoms with E-state index in [1.54, 1.807) is 7.11 Å². The summed E-state index contributed by atoms with van der Waals surface area (Å²) in [5.74, 6) is -0.0189. The number of carbonyl (C=O) groups excluding carboxylic acids is 1. The van der Waals surface area contributed by atoms with E-state index in [1.807, 2.05) is 17.5 Å². The van der Waals surface area contributed by atoms with Crippen LogP contribution in [0.1, 0.15) is 5.69 Å². The van der Waals surface area contributed by atoms with Crippen molar-refractivity contribution in [3.8, 4) is 9.88 Å². The zero-order chi connectivity index (χ0) is 15.8. The number of ether oxygens (including phenoxy) is 1. The van der Waals surface area contributed by atoms with Crippen LogP contribution in [0.5, 0.6) is 0 Å². The molecule has 0 saturated carbocycles. The molecule has 0 aliphatic rings. The molecule has 2 aromatic rings. The maximum absolute atomic E-state index is 11.8. The van der Waals surface area contributed by atoms with E-state index in [0.29, 0.717) is 19.6 Å². The summed E-state index contributed by atoms with van der Waals surface area (Å²) in [5, 5.41) is 8.85. The van der Waals surface area contributed by atoms with Gasteiger partial charge in [-0.1, -0.05) is 11.6 Å². The minimum Gasteiger partial charge on any atom is -0.383 e. The van der Waals surface area contributed by atoms with Crippen molar-refractivity contribution in [2.24, 2.45) is 0 Å².